The van der Waals surface area contributed by atoms with Gasteiger partial charge < -0.3 is 10.2 Å². The van der Waals surface area contributed by atoms with Gasteiger partial charge in [-0.25, -0.2) is 9.97 Å². The first-order valence-corrected chi connectivity index (χ1v) is 10.1. The van der Waals surface area contributed by atoms with Crippen LogP contribution in [-0.4, -0.2) is 84.6 Å². The molecule has 1 saturated heterocycles. The molecule has 1 aliphatic heterocycles. The highest BCUT2D eigenvalue weighted by molar-refractivity contribution is 7.86. The largest absolute Gasteiger partial charge is 0.354 e. The minimum absolute atomic E-state index is 0.0510. The van der Waals surface area contributed by atoms with Crippen molar-refractivity contribution in [3.05, 3.63) is 17.5 Å². The Labute approximate surface area is 155 Å². The van der Waals surface area contributed by atoms with Gasteiger partial charge >= 0.3 is 0 Å². The zero-order chi connectivity index (χ0) is 19.3. The second-order valence-electron chi connectivity index (χ2n) is 6.57. The minimum atomic E-state index is -3.40. The maximum atomic E-state index is 12.3. The first-order valence-electron chi connectivity index (χ1n) is 8.71. The highest BCUT2D eigenvalue weighted by Crippen LogP contribution is 2.11. The molecule has 1 aromatic rings. The van der Waals surface area contributed by atoms with Crippen LogP contribution in [-0.2, 0) is 15.0 Å². The molecule has 9 nitrogen and oxygen atoms in total. The number of anilines is 1. The van der Waals surface area contributed by atoms with Gasteiger partial charge in [0.2, 0.25) is 11.9 Å². The molecule has 0 atom stereocenters. The fraction of sp³-hybridized carbons (Fsp3) is 0.688. The van der Waals surface area contributed by atoms with Gasteiger partial charge in [-0.15, -0.1) is 0 Å². The number of carbonyl (C=O) groups is 1. The first-order chi connectivity index (χ1) is 12.2. The zero-order valence-electron chi connectivity index (χ0n) is 15.9. The van der Waals surface area contributed by atoms with Crippen LogP contribution >= 0.6 is 0 Å². The molecule has 1 fully saturated rings. The van der Waals surface area contributed by atoms with Crippen LogP contribution in [0.4, 0.5) is 5.95 Å². The minimum Gasteiger partial charge on any atom is -0.354 e. The number of hydrogen-bond acceptors (Lipinski definition) is 6. The van der Waals surface area contributed by atoms with Gasteiger partial charge in [0.05, 0.1) is 0 Å². The van der Waals surface area contributed by atoms with Crippen LogP contribution in [0.2, 0.25) is 0 Å². The van der Waals surface area contributed by atoms with Gasteiger partial charge in [-0.1, -0.05) is 0 Å². The average Bonchev–Trinajstić information content (AvgIpc) is 2.57. The van der Waals surface area contributed by atoms with Gasteiger partial charge in [0.15, 0.2) is 0 Å². The monoisotopic (exact) mass is 384 g/mol. The lowest BCUT2D eigenvalue weighted by Crippen LogP contribution is -2.53. The normalized spacial score (nSPS) is 16.1. The van der Waals surface area contributed by atoms with Crippen molar-refractivity contribution in [3.63, 3.8) is 0 Å². The second kappa shape index (κ2) is 8.74. The maximum Gasteiger partial charge on any atom is 0.281 e. The van der Waals surface area contributed by atoms with Crippen molar-refractivity contribution in [2.75, 3.05) is 52.1 Å². The molecular formula is C16H28N6O3S. The number of hydrogen-bond donors (Lipinski definition) is 1. The molecule has 2 heterocycles. The van der Waals surface area contributed by atoms with E-state index in [9.17, 15) is 13.2 Å². The van der Waals surface area contributed by atoms with Crippen LogP contribution in [0.1, 0.15) is 24.2 Å². The lowest BCUT2D eigenvalue weighted by molar-refractivity contribution is -0.132. The molecule has 0 unspecified atom stereocenters. The van der Waals surface area contributed by atoms with E-state index >= 15 is 0 Å². The standard InChI is InChI=1S/C16H28N6O3S/c1-13-12-14(2)19-16(18-13)17-7-5-6-15(23)21-8-10-22(11-9-21)26(24,25)20(3)4/h12H,5-11H2,1-4H3,(H,17,18,19). The van der Waals surface area contributed by atoms with E-state index in [0.717, 1.165) is 11.4 Å². The van der Waals surface area contributed by atoms with Gasteiger partial charge in [-0.05, 0) is 26.3 Å². The van der Waals surface area contributed by atoms with Gasteiger partial charge in [-0.2, -0.15) is 17.0 Å². The molecule has 0 bridgehead atoms. The van der Waals surface area contributed by atoms with Crippen molar-refractivity contribution in [2.24, 2.45) is 0 Å². The number of aromatic nitrogens is 2. The Balaban J connectivity index is 1.72. The Kier molecular flexibility index (Phi) is 6.90. The van der Waals surface area contributed by atoms with E-state index in [4.69, 9.17) is 0 Å². The Bertz CT molecular complexity index is 709. The van der Waals surface area contributed by atoms with Crippen molar-refractivity contribution in [3.8, 4) is 0 Å². The van der Waals surface area contributed by atoms with Crippen molar-refractivity contribution in [1.29, 1.82) is 0 Å². The molecule has 1 N–H and O–H groups in total. The van der Waals surface area contributed by atoms with E-state index in [1.807, 2.05) is 19.9 Å². The summed E-state index contributed by atoms with van der Waals surface area (Å²) in [6.07, 6.45) is 1.09. The van der Waals surface area contributed by atoms with E-state index in [0.29, 0.717) is 51.5 Å². The van der Waals surface area contributed by atoms with Crippen molar-refractivity contribution >= 4 is 22.1 Å². The van der Waals surface area contributed by atoms with Crippen LogP contribution < -0.4 is 5.32 Å². The fourth-order valence-corrected chi connectivity index (χ4v) is 3.89. The summed E-state index contributed by atoms with van der Waals surface area (Å²) in [6.45, 7) is 5.98. The lowest BCUT2D eigenvalue weighted by Gasteiger charge is -2.35. The molecule has 10 heteroatoms. The van der Waals surface area contributed by atoms with Crippen LogP contribution in [0, 0.1) is 13.8 Å². The summed E-state index contributed by atoms with van der Waals surface area (Å²) >= 11 is 0. The predicted octanol–water partition coefficient (Wildman–Crippen LogP) is 0.236. The quantitative estimate of drug-likeness (QED) is 0.676. The van der Waals surface area contributed by atoms with Crippen LogP contribution in [0.3, 0.4) is 0 Å². The summed E-state index contributed by atoms with van der Waals surface area (Å²) in [5.41, 5.74) is 1.81. The van der Waals surface area contributed by atoms with Gasteiger partial charge in [0.1, 0.15) is 0 Å². The summed E-state index contributed by atoms with van der Waals surface area (Å²) in [4.78, 5) is 22.6. The Morgan fingerprint density at radius 3 is 2.27 bits per heavy atom. The second-order valence-corrected chi connectivity index (χ2v) is 8.72. The van der Waals surface area contributed by atoms with Crippen molar-refractivity contribution in [1.82, 2.24) is 23.5 Å². The zero-order valence-corrected chi connectivity index (χ0v) is 16.7. The Hall–Kier alpha value is -1.78. The SMILES string of the molecule is Cc1cc(C)nc(NCCCC(=O)N2CCN(S(=O)(=O)N(C)C)CC2)n1. The van der Waals surface area contributed by atoms with Crippen molar-refractivity contribution in [2.45, 2.75) is 26.7 Å². The third-order valence-corrected chi connectivity index (χ3v) is 6.15. The summed E-state index contributed by atoms with van der Waals surface area (Å²) in [6, 6.07) is 1.91. The molecule has 2 rings (SSSR count). The number of amides is 1. The van der Waals surface area contributed by atoms with E-state index in [-0.39, 0.29) is 5.91 Å². The Morgan fingerprint density at radius 2 is 1.73 bits per heavy atom. The maximum absolute atomic E-state index is 12.3. The molecule has 1 aliphatic rings. The Morgan fingerprint density at radius 1 is 1.15 bits per heavy atom. The van der Waals surface area contributed by atoms with Crippen LogP contribution in [0.5, 0.6) is 0 Å². The summed E-state index contributed by atoms with van der Waals surface area (Å²) < 4.78 is 26.8. The average molecular weight is 385 g/mol. The molecule has 0 aliphatic carbocycles. The number of piperazine rings is 1. The predicted molar refractivity (Wildman–Crippen MR) is 100.0 cm³/mol. The third-order valence-electron chi connectivity index (χ3n) is 4.21. The van der Waals surface area contributed by atoms with E-state index < -0.39 is 10.2 Å². The number of carbonyl (C=O) groups excluding carboxylic acids is 1. The summed E-state index contributed by atoms with van der Waals surface area (Å²) in [5.74, 6) is 0.632. The van der Waals surface area contributed by atoms with Gasteiger partial charge in [0, 0.05) is 64.6 Å². The summed E-state index contributed by atoms with van der Waals surface area (Å²) in [5, 5.41) is 3.14. The molecule has 0 aromatic carbocycles. The molecule has 0 spiro atoms. The lowest BCUT2D eigenvalue weighted by atomic mass is 10.2. The molecular weight excluding hydrogens is 356 g/mol. The van der Waals surface area contributed by atoms with E-state index in [1.54, 1.807) is 4.90 Å². The highest BCUT2D eigenvalue weighted by atomic mass is 32.2. The molecule has 1 amide bonds. The van der Waals surface area contributed by atoms with Gasteiger partial charge in [0.25, 0.3) is 10.2 Å². The van der Waals surface area contributed by atoms with E-state index in [2.05, 4.69) is 15.3 Å². The van der Waals surface area contributed by atoms with Crippen LogP contribution in [0.25, 0.3) is 0 Å². The number of nitrogens with one attached hydrogen (secondary N) is 1. The number of rotatable bonds is 7. The van der Waals surface area contributed by atoms with E-state index in [1.165, 1.54) is 22.7 Å². The topological polar surface area (TPSA) is 98.7 Å². The number of aryl methyl sites for hydroxylation is 2. The molecule has 26 heavy (non-hydrogen) atoms. The molecule has 0 radical (unpaired) electrons. The fourth-order valence-electron chi connectivity index (χ4n) is 2.80. The summed E-state index contributed by atoms with van der Waals surface area (Å²) in [7, 11) is -0.377. The van der Waals surface area contributed by atoms with Gasteiger partial charge in [-0.3, -0.25) is 4.79 Å². The highest BCUT2D eigenvalue weighted by Gasteiger charge is 2.29. The van der Waals surface area contributed by atoms with Crippen LogP contribution in [0.15, 0.2) is 6.07 Å². The first kappa shape index (κ1) is 20.5. The smallest absolute Gasteiger partial charge is 0.281 e. The molecule has 0 saturated carbocycles. The van der Waals surface area contributed by atoms with Crippen molar-refractivity contribution < 1.29 is 13.2 Å². The third kappa shape index (κ3) is 5.36. The number of nitrogens with zero attached hydrogens (tertiary/aromatic N) is 5. The molecule has 146 valence electrons. The molecule has 1 aromatic heterocycles.